The number of piperidine rings is 1. The lowest BCUT2D eigenvalue weighted by Gasteiger charge is -2.21. The second-order valence-corrected chi connectivity index (χ2v) is 15.3. The fourth-order valence-corrected chi connectivity index (χ4v) is 5.69. The highest BCUT2D eigenvalue weighted by Crippen LogP contribution is 2.24. The van der Waals surface area contributed by atoms with Gasteiger partial charge in [-0.2, -0.15) is 0 Å². The van der Waals surface area contributed by atoms with Gasteiger partial charge in [-0.3, -0.25) is 24.0 Å². The number of alkyl carbamates (subject to hydrolysis) is 2. The molecule has 12 heteroatoms. The largest absolute Gasteiger partial charge is 0.444 e. The molecule has 0 radical (unpaired) electrons. The van der Waals surface area contributed by atoms with E-state index >= 15 is 0 Å². The van der Waals surface area contributed by atoms with Gasteiger partial charge in [-0.05, 0) is 85.8 Å². The van der Waals surface area contributed by atoms with Crippen LogP contribution in [0.4, 0.5) is 9.59 Å². The summed E-state index contributed by atoms with van der Waals surface area (Å²) in [6.07, 6.45) is 17.2. The smallest absolute Gasteiger partial charge is 0.407 e. The van der Waals surface area contributed by atoms with Gasteiger partial charge in [0, 0.05) is 39.4 Å². The first-order valence-electron chi connectivity index (χ1n) is 18.9. The minimum Gasteiger partial charge on any atom is -0.444 e. The summed E-state index contributed by atoms with van der Waals surface area (Å²) in [7, 11) is 1.68. The molecule has 1 aromatic carbocycles. The maximum atomic E-state index is 13.0. The van der Waals surface area contributed by atoms with E-state index in [2.05, 4.69) is 33.7 Å². The molecule has 53 heavy (non-hydrogen) atoms. The van der Waals surface area contributed by atoms with Crippen LogP contribution in [0.5, 0.6) is 0 Å². The number of benzene rings is 1. The molecular weight excluding hydrogens is 674 g/mol. The third-order valence-electron chi connectivity index (χ3n) is 8.16. The first-order chi connectivity index (χ1) is 25.0. The number of nitrogens with zero attached hydrogens (tertiary/aromatic N) is 2. The van der Waals surface area contributed by atoms with Crippen LogP contribution in [0, 0.1) is 24.2 Å². The number of nitrogens with one attached hydrogen (secondary N) is 3. The van der Waals surface area contributed by atoms with Crippen LogP contribution in [0.2, 0.25) is 0 Å². The van der Waals surface area contributed by atoms with E-state index < -0.39 is 23.2 Å². The van der Waals surface area contributed by atoms with Gasteiger partial charge in [-0.1, -0.05) is 56.4 Å². The number of carbonyl (C=O) groups excluding carboxylic acids is 4. The quantitative estimate of drug-likeness (QED) is 0.101. The zero-order chi connectivity index (χ0) is 39.4. The zero-order valence-corrected chi connectivity index (χ0v) is 33.0. The van der Waals surface area contributed by atoms with E-state index in [1.54, 1.807) is 7.05 Å². The molecule has 0 spiro atoms. The van der Waals surface area contributed by atoms with Crippen LogP contribution in [0.1, 0.15) is 143 Å². The topological polar surface area (TPSA) is 150 Å². The molecule has 1 unspecified atom stereocenters. The van der Waals surface area contributed by atoms with E-state index in [-0.39, 0.29) is 30.2 Å². The minimum atomic E-state index is -0.707. The SMILES string of the molecule is C#CCCCCCCCNC(=O)OC(C)(C)C.Cn1c(=O)n(C2CCC(=O)NC2=O)c2cccc(C#CCCCCCCCNC(=O)OC(C)(C)C)c21. The number of hydrogen-bond donors (Lipinski definition) is 3. The number of imidazole rings is 1. The molecule has 4 amide bonds. The summed E-state index contributed by atoms with van der Waals surface area (Å²) in [5, 5.41) is 7.85. The number of aromatic nitrogens is 2. The second-order valence-electron chi connectivity index (χ2n) is 15.3. The number of aryl methyl sites for hydroxylation is 1. The van der Waals surface area contributed by atoms with Gasteiger partial charge in [-0.15, -0.1) is 12.3 Å². The first kappa shape index (κ1) is 44.5. The van der Waals surface area contributed by atoms with E-state index in [0.717, 1.165) is 69.8 Å². The van der Waals surface area contributed by atoms with Crippen molar-refractivity contribution in [3.05, 3.63) is 34.2 Å². The Bertz CT molecular complexity index is 1670. The number of unbranched alkanes of at least 4 members (excludes halogenated alkanes) is 10. The molecule has 1 saturated heterocycles. The molecule has 0 saturated carbocycles. The Morgan fingerprint density at radius 1 is 0.830 bits per heavy atom. The van der Waals surface area contributed by atoms with Gasteiger partial charge in [-0.25, -0.2) is 14.4 Å². The van der Waals surface area contributed by atoms with Crippen LogP contribution >= 0.6 is 0 Å². The molecule has 1 aromatic heterocycles. The molecule has 3 rings (SSSR count). The van der Waals surface area contributed by atoms with Gasteiger partial charge in [0.05, 0.1) is 16.6 Å². The van der Waals surface area contributed by atoms with Crippen LogP contribution in [0.3, 0.4) is 0 Å². The van der Waals surface area contributed by atoms with Gasteiger partial charge in [0.2, 0.25) is 11.8 Å². The normalized spacial score (nSPS) is 14.2. The van der Waals surface area contributed by atoms with Crippen molar-refractivity contribution < 1.29 is 28.7 Å². The lowest BCUT2D eigenvalue weighted by molar-refractivity contribution is -0.135. The summed E-state index contributed by atoms with van der Waals surface area (Å²) in [5.41, 5.74) is 0.879. The number of terminal acetylenes is 1. The summed E-state index contributed by atoms with van der Waals surface area (Å²) >= 11 is 0. The molecule has 0 aliphatic carbocycles. The molecule has 1 aliphatic rings. The van der Waals surface area contributed by atoms with Crippen molar-refractivity contribution in [2.75, 3.05) is 13.1 Å². The molecule has 292 valence electrons. The Morgan fingerprint density at radius 3 is 1.89 bits per heavy atom. The molecular formula is C41H61N5O7. The lowest BCUT2D eigenvalue weighted by Crippen LogP contribution is -2.44. The van der Waals surface area contributed by atoms with Crippen LogP contribution in [-0.4, -0.2) is 57.4 Å². The van der Waals surface area contributed by atoms with Crippen molar-refractivity contribution in [1.29, 1.82) is 0 Å². The number of ether oxygens (including phenoxy) is 2. The predicted octanol–water partition coefficient (Wildman–Crippen LogP) is 7.02. The Balaban J connectivity index is 0.000000482. The van der Waals surface area contributed by atoms with Crippen LogP contribution in [-0.2, 0) is 26.1 Å². The fourth-order valence-electron chi connectivity index (χ4n) is 5.69. The summed E-state index contributed by atoms with van der Waals surface area (Å²) in [6.45, 7) is 12.4. The molecule has 3 N–H and O–H groups in total. The van der Waals surface area contributed by atoms with Gasteiger partial charge in [0.25, 0.3) is 0 Å². The minimum absolute atomic E-state index is 0.207. The Morgan fingerprint density at radius 2 is 1.36 bits per heavy atom. The number of rotatable bonds is 15. The van der Waals surface area contributed by atoms with Gasteiger partial charge in [0.15, 0.2) is 0 Å². The molecule has 2 aromatic rings. The maximum absolute atomic E-state index is 13.0. The summed E-state index contributed by atoms with van der Waals surface area (Å²) in [4.78, 5) is 59.8. The van der Waals surface area contributed by atoms with E-state index in [9.17, 15) is 24.0 Å². The van der Waals surface area contributed by atoms with Crippen molar-refractivity contribution in [2.24, 2.45) is 7.05 Å². The molecule has 1 atom stereocenters. The summed E-state index contributed by atoms with van der Waals surface area (Å²) in [5.74, 6) is 8.28. The van der Waals surface area contributed by atoms with E-state index in [4.69, 9.17) is 15.9 Å². The number of carbonyl (C=O) groups is 4. The van der Waals surface area contributed by atoms with Crippen molar-refractivity contribution >= 4 is 35.0 Å². The Kier molecular flexibility index (Phi) is 18.8. The van der Waals surface area contributed by atoms with Gasteiger partial charge in [0.1, 0.15) is 17.2 Å². The van der Waals surface area contributed by atoms with Crippen molar-refractivity contribution in [1.82, 2.24) is 25.1 Å². The van der Waals surface area contributed by atoms with Gasteiger partial charge < -0.3 is 20.1 Å². The third-order valence-corrected chi connectivity index (χ3v) is 8.16. The van der Waals surface area contributed by atoms with Crippen LogP contribution in [0.15, 0.2) is 23.0 Å². The number of hydrogen-bond acceptors (Lipinski definition) is 7. The van der Waals surface area contributed by atoms with E-state index in [1.165, 1.54) is 22.0 Å². The highest BCUT2D eigenvalue weighted by molar-refractivity contribution is 6.00. The second kappa shape index (κ2) is 22.4. The summed E-state index contributed by atoms with van der Waals surface area (Å²) < 4.78 is 13.3. The number of amides is 4. The zero-order valence-electron chi connectivity index (χ0n) is 33.0. The van der Waals surface area contributed by atoms with Gasteiger partial charge >= 0.3 is 17.9 Å². The molecule has 1 aliphatic heterocycles. The fraction of sp³-hybridized carbons (Fsp3) is 0.634. The van der Waals surface area contributed by atoms with Crippen LogP contribution in [0.25, 0.3) is 11.0 Å². The third kappa shape index (κ3) is 17.1. The predicted molar refractivity (Wildman–Crippen MR) is 208 cm³/mol. The maximum Gasteiger partial charge on any atom is 0.407 e. The molecule has 12 nitrogen and oxygen atoms in total. The molecule has 1 fully saturated rings. The molecule has 0 bridgehead atoms. The van der Waals surface area contributed by atoms with Crippen molar-refractivity contribution in [3.8, 4) is 24.2 Å². The number of fused-ring (bicyclic) bond motifs is 1. The Hall–Kier alpha value is -4.71. The van der Waals surface area contributed by atoms with Crippen LogP contribution < -0.4 is 21.6 Å². The number of para-hydroxylation sites is 1. The number of imide groups is 1. The Labute approximate surface area is 315 Å². The van der Waals surface area contributed by atoms with E-state index in [0.29, 0.717) is 30.5 Å². The highest BCUT2D eigenvalue weighted by atomic mass is 16.6. The average molecular weight is 736 g/mol. The van der Waals surface area contributed by atoms with Crippen molar-refractivity contribution in [2.45, 2.75) is 149 Å². The lowest BCUT2D eigenvalue weighted by atomic mass is 10.1. The highest BCUT2D eigenvalue weighted by Gasteiger charge is 2.31. The summed E-state index contributed by atoms with van der Waals surface area (Å²) in [6, 6.07) is 4.81. The average Bonchev–Trinajstić information content (AvgIpc) is 3.31. The standard InChI is InChI=1S/C27H36N4O5.C14H25NO2/c1-27(2,3)36-25(34)28-18-11-9-7-5-6-8-10-13-19-14-12-15-20-23(19)30(4)26(35)31(20)21-16-17-22(32)29-24(21)33;1-5-6-7-8-9-10-11-12-15-13(16)17-14(2,3)4/h12,14-15,21H,5-9,11,16-18H2,1-4H3,(H,28,34)(H,29,32,33);1H,6-12H2,2-4H3,(H,15,16). The van der Waals surface area contributed by atoms with E-state index in [1.807, 2.05) is 59.7 Å². The monoisotopic (exact) mass is 735 g/mol. The molecule has 2 heterocycles. The first-order valence-corrected chi connectivity index (χ1v) is 18.9. The van der Waals surface area contributed by atoms with Crippen molar-refractivity contribution in [3.63, 3.8) is 0 Å².